The van der Waals surface area contributed by atoms with E-state index in [4.69, 9.17) is 11.6 Å². The van der Waals surface area contributed by atoms with Gasteiger partial charge in [0.2, 0.25) is 0 Å². The van der Waals surface area contributed by atoms with Gasteiger partial charge in [-0.15, -0.1) is 4.72 Å². The third-order valence-corrected chi connectivity index (χ3v) is 6.75. The predicted octanol–water partition coefficient (Wildman–Crippen LogP) is 3.36. The van der Waals surface area contributed by atoms with Crippen LogP contribution in [0.3, 0.4) is 0 Å². The van der Waals surface area contributed by atoms with Gasteiger partial charge in [-0.3, -0.25) is 0 Å². The Morgan fingerprint density at radius 1 is 1.32 bits per heavy atom. The van der Waals surface area contributed by atoms with E-state index in [0.29, 0.717) is 0 Å². The third kappa shape index (κ3) is 3.04. The molecular weight excluding hydrogens is 316 g/mol. The van der Waals surface area contributed by atoms with Gasteiger partial charge in [0.1, 0.15) is 4.75 Å². The number of piperidine rings is 1. The minimum Gasteiger partial charge on any atom is -0.598 e. The first kappa shape index (κ1) is 16.6. The largest absolute Gasteiger partial charge is 0.598 e. The van der Waals surface area contributed by atoms with Crippen LogP contribution in [0.5, 0.6) is 0 Å². The summed E-state index contributed by atoms with van der Waals surface area (Å²) in [7, 11) is 0. The Morgan fingerprint density at radius 3 is 2.64 bits per heavy atom. The van der Waals surface area contributed by atoms with Crippen LogP contribution in [0, 0.1) is 5.41 Å². The molecule has 22 heavy (non-hydrogen) atoms. The summed E-state index contributed by atoms with van der Waals surface area (Å²) in [5.74, 6) is 0. The monoisotopic (exact) mass is 340 g/mol. The van der Waals surface area contributed by atoms with E-state index in [1.165, 1.54) is 11.1 Å². The van der Waals surface area contributed by atoms with Gasteiger partial charge in [0.15, 0.2) is 0 Å². The number of hydrogen-bond acceptors (Lipinski definition) is 3. The van der Waals surface area contributed by atoms with Crippen LogP contribution in [0.25, 0.3) is 0 Å². The highest BCUT2D eigenvalue weighted by molar-refractivity contribution is 7.90. The number of benzene rings is 1. The van der Waals surface area contributed by atoms with Crippen molar-refractivity contribution in [2.75, 3.05) is 13.1 Å². The minimum atomic E-state index is -1.07. The van der Waals surface area contributed by atoms with Crippen LogP contribution in [0.4, 0.5) is 0 Å². The highest BCUT2D eigenvalue weighted by Crippen LogP contribution is 2.52. The Balaban J connectivity index is 1.94. The van der Waals surface area contributed by atoms with Crippen molar-refractivity contribution in [2.45, 2.75) is 50.8 Å². The minimum absolute atomic E-state index is 0.155. The molecule has 2 aliphatic rings. The predicted molar refractivity (Wildman–Crippen MR) is 93.5 cm³/mol. The molecule has 1 aliphatic heterocycles. The Labute approximate surface area is 141 Å². The molecule has 1 fully saturated rings. The fraction of sp³-hybridized carbons (Fsp3) is 0.647. The quantitative estimate of drug-likeness (QED) is 0.811. The van der Waals surface area contributed by atoms with Gasteiger partial charge in [-0.2, -0.15) is 0 Å². The Bertz CT molecular complexity index is 552. The zero-order valence-electron chi connectivity index (χ0n) is 13.5. The summed E-state index contributed by atoms with van der Waals surface area (Å²) in [4.78, 5) is 0. The number of halogens is 1. The number of rotatable bonds is 2. The molecule has 5 heteroatoms. The van der Waals surface area contributed by atoms with E-state index in [2.05, 4.69) is 22.2 Å². The lowest BCUT2D eigenvalue weighted by atomic mass is 9.73. The van der Waals surface area contributed by atoms with E-state index in [1.807, 2.05) is 26.8 Å². The molecular formula is C17H25ClN2OS. The molecule has 122 valence electrons. The van der Waals surface area contributed by atoms with Crippen molar-refractivity contribution in [3.63, 3.8) is 0 Å². The first-order valence-corrected chi connectivity index (χ1v) is 9.52. The normalized spacial score (nSPS) is 25.2. The van der Waals surface area contributed by atoms with Crippen LogP contribution in [-0.4, -0.2) is 22.4 Å². The summed E-state index contributed by atoms with van der Waals surface area (Å²) < 4.78 is 15.9. The van der Waals surface area contributed by atoms with Crippen molar-refractivity contribution >= 4 is 23.0 Å². The fourth-order valence-electron chi connectivity index (χ4n) is 3.68. The van der Waals surface area contributed by atoms with Gasteiger partial charge >= 0.3 is 0 Å². The fourth-order valence-corrected chi connectivity index (χ4v) is 4.82. The van der Waals surface area contributed by atoms with E-state index >= 15 is 0 Å². The smallest absolute Gasteiger partial charge is 0.136 e. The number of hydrogen-bond donors (Lipinski definition) is 2. The van der Waals surface area contributed by atoms with Crippen LogP contribution in [0.2, 0.25) is 5.02 Å². The summed E-state index contributed by atoms with van der Waals surface area (Å²) in [6, 6.07) is 6.31. The van der Waals surface area contributed by atoms with Gasteiger partial charge in [-0.1, -0.05) is 17.7 Å². The van der Waals surface area contributed by atoms with Gasteiger partial charge in [0.25, 0.3) is 0 Å². The maximum Gasteiger partial charge on any atom is 0.136 e. The molecule has 2 unspecified atom stereocenters. The van der Waals surface area contributed by atoms with Crippen LogP contribution >= 0.6 is 11.6 Å². The second kappa shape index (κ2) is 5.99. The number of nitrogens with one attached hydrogen (secondary N) is 2. The summed E-state index contributed by atoms with van der Waals surface area (Å²) in [5, 5.41) is 4.24. The highest BCUT2D eigenvalue weighted by atomic mass is 35.5. The second-order valence-corrected chi connectivity index (χ2v) is 10.00. The van der Waals surface area contributed by atoms with E-state index in [0.717, 1.165) is 37.4 Å². The Morgan fingerprint density at radius 2 is 2.00 bits per heavy atom. The van der Waals surface area contributed by atoms with Gasteiger partial charge in [-0.05, 0) is 76.4 Å². The van der Waals surface area contributed by atoms with E-state index in [-0.39, 0.29) is 16.2 Å². The Hall–Kier alpha value is -0.260. The van der Waals surface area contributed by atoms with E-state index < -0.39 is 11.4 Å². The lowest BCUT2D eigenvalue weighted by Gasteiger charge is -2.40. The molecule has 0 amide bonds. The maximum absolute atomic E-state index is 12.7. The standard InChI is InChI=1S/C17H25ClN2OS/c1-16(2,3)22(21)20-15-14-5-4-13(18)10-12(14)11-17(15)6-8-19-9-7-17/h4-5,10,15,19-20H,6-9,11H2,1-3H3. The van der Waals surface area contributed by atoms with Gasteiger partial charge < -0.3 is 9.87 Å². The van der Waals surface area contributed by atoms with Crippen LogP contribution in [-0.2, 0) is 17.8 Å². The molecule has 1 spiro atoms. The van der Waals surface area contributed by atoms with Gasteiger partial charge in [-0.25, -0.2) is 0 Å². The summed E-state index contributed by atoms with van der Waals surface area (Å²) in [6.07, 6.45) is 3.25. The van der Waals surface area contributed by atoms with Crippen LogP contribution in [0.1, 0.15) is 50.8 Å². The molecule has 0 saturated carbocycles. The Kier molecular flexibility index (Phi) is 4.52. The van der Waals surface area contributed by atoms with Crippen molar-refractivity contribution in [1.82, 2.24) is 10.0 Å². The van der Waals surface area contributed by atoms with Crippen LogP contribution < -0.4 is 10.0 Å². The zero-order chi connectivity index (χ0) is 16.0. The zero-order valence-corrected chi connectivity index (χ0v) is 15.1. The second-order valence-electron chi connectivity index (χ2n) is 7.56. The highest BCUT2D eigenvalue weighted by Gasteiger charge is 2.49. The van der Waals surface area contributed by atoms with Crippen LogP contribution in [0.15, 0.2) is 18.2 Å². The number of fused-ring (bicyclic) bond motifs is 1. The van der Waals surface area contributed by atoms with Crippen molar-refractivity contribution in [2.24, 2.45) is 5.41 Å². The topological polar surface area (TPSA) is 47.1 Å². The molecule has 2 atom stereocenters. The lowest BCUT2D eigenvalue weighted by Crippen LogP contribution is -2.48. The molecule has 1 aromatic rings. The summed E-state index contributed by atoms with van der Waals surface area (Å²) >= 11 is 5.11. The first-order valence-electron chi connectivity index (χ1n) is 7.99. The summed E-state index contributed by atoms with van der Waals surface area (Å²) in [6.45, 7) is 8.11. The van der Waals surface area contributed by atoms with Gasteiger partial charge in [0.05, 0.1) is 6.04 Å². The molecule has 0 radical (unpaired) electrons. The molecule has 3 rings (SSSR count). The third-order valence-electron chi connectivity index (χ3n) is 4.95. The molecule has 2 N–H and O–H groups in total. The molecule has 1 saturated heterocycles. The maximum atomic E-state index is 12.7. The molecule has 0 bridgehead atoms. The molecule has 1 heterocycles. The average molecular weight is 341 g/mol. The lowest BCUT2D eigenvalue weighted by molar-refractivity contribution is 0.163. The average Bonchev–Trinajstić information content (AvgIpc) is 2.71. The molecule has 1 aromatic carbocycles. The molecule has 3 nitrogen and oxygen atoms in total. The molecule has 1 aliphatic carbocycles. The van der Waals surface area contributed by atoms with Gasteiger partial charge in [0, 0.05) is 21.8 Å². The SMILES string of the molecule is CC(C)(C)[S+]([O-])NC1c2ccc(Cl)cc2CC12CCNCC2. The van der Waals surface area contributed by atoms with Crippen molar-refractivity contribution in [3.05, 3.63) is 34.3 Å². The van der Waals surface area contributed by atoms with E-state index in [1.54, 1.807) is 0 Å². The summed E-state index contributed by atoms with van der Waals surface area (Å²) in [5.41, 5.74) is 2.76. The first-order chi connectivity index (χ1) is 10.3. The van der Waals surface area contributed by atoms with Crippen molar-refractivity contribution in [1.29, 1.82) is 0 Å². The van der Waals surface area contributed by atoms with Crippen molar-refractivity contribution < 1.29 is 4.55 Å². The van der Waals surface area contributed by atoms with Crippen molar-refractivity contribution in [3.8, 4) is 0 Å². The van der Waals surface area contributed by atoms with E-state index in [9.17, 15) is 4.55 Å². The molecule has 0 aromatic heterocycles.